The van der Waals surface area contributed by atoms with E-state index in [9.17, 15) is 9.18 Å². The summed E-state index contributed by atoms with van der Waals surface area (Å²) in [6.45, 7) is 0. The quantitative estimate of drug-likeness (QED) is 0.625. The number of halogens is 1. The summed E-state index contributed by atoms with van der Waals surface area (Å²) in [5, 5.41) is 0. The highest BCUT2D eigenvalue weighted by molar-refractivity contribution is 6.18. The molecule has 0 spiro atoms. The summed E-state index contributed by atoms with van der Waals surface area (Å²) in [6.07, 6.45) is 3.70. The fraction of sp³-hybridized carbons (Fsp3) is 0.222. The van der Waals surface area contributed by atoms with Crippen molar-refractivity contribution < 1.29 is 13.9 Å². The van der Waals surface area contributed by atoms with Gasteiger partial charge in [0.15, 0.2) is 11.6 Å². The molecule has 1 heterocycles. The third kappa shape index (κ3) is 1.26. The predicted octanol–water partition coefficient (Wildman–Crippen LogP) is 1.01. The molecule has 1 unspecified atom stereocenters. The maximum Gasteiger partial charge on any atom is 0.260 e. The zero-order valence-electron chi connectivity index (χ0n) is 7.40. The third-order valence-corrected chi connectivity index (χ3v) is 2.02. The van der Waals surface area contributed by atoms with Crippen LogP contribution in [0.5, 0.6) is 0 Å². The Morgan fingerprint density at radius 1 is 1.57 bits per heavy atom. The van der Waals surface area contributed by atoms with Gasteiger partial charge in [0.2, 0.25) is 0 Å². The molecule has 0 aromatic carbocycles. The second kappa shape index (κ2) is 3.17. The predicted molar refractivity (Wildman–Crippen MR) is 48.7 cm³/mol. The Kier molecular flexibility index (Phi) is 1.99. The topological polar surface area (TPSA) is 51.0 Å². The first-order chi connectivity index (χ1) is 6.72. The van der Waals surface area contributed by atoms with E-state index in [2.05, 4.69) is 9.98 Å². The number of aliphatic imine (C=N–C) groups is 2. The Labute approximate surface area is 79.5 Å². The van der Waals surface area contributed by atoms with E-state index >= 15 is 0 Å². The van der Waals surface area contributed by atoms with Crippen LogP contribution in [0.2, 0.25) is 0 Å². The second-order valence-electron chi connectivity index (χ2n) is 2.84. The van der Waals surface area contributed by atoms with E-state index in [4.69, 9.17) is 4.74 Å². The zero-order chi connectivity index (χ0) is 10.1. The molecule has 0 fully saturated rings. The van der Waals surface area contributed by atoms with E-state index in [0.29, 0.717) is 5.71 Å². The van der Waals surface area contributed by atoms with E-state index in [0.717, 1.165) is 6.34 Å². The largest absolute Gasteiger partial charge is 0.494 e. The summed E-state index contributed by atoms with van der Waals surface area (Å²) in [5.74, 6) is -1.42. The van der Waals surface area contributed by atoms with Gasteiger partial charge in [-0.15, -0.1) is 0 Å². The van der Waals surface area contributed by atoms with Crippen molar-refractivity contribution in [1.29, 1.82) is 0 Å². The second-order valence-corrected chi connectivity index (χ2v) is 2.84. The van der Waals surface area contributed by atoms with Gasteiger partial charge in [-0.3, -0.25) is 4.79 Å². The molecule has 2 rings (SSSR count). The Hall–Kier alpha value is -1.78. The van der Waals surface area contributed by atoms with Crippen LogP contribution in [0, 0.1) is 5.92 Å². The lowest BCUT2D eigenvalue weighted by Crippen LogP contribution is -2.26. The zero-order valence-corrected chi connectivity index (χ0v) is 7.40. The van der Waals surface area contributed by atoms with Crippen LogP contribution in [0.15, 0.2) is 33.7 Å². The van der Waals surface area contributed by atoms with Crippen molar-refractivity contribution in [2.45, 2.75) is 0 Å². The van der Waals surface area contributed by atoms with Crippen molar-refractivity contribution in [3.63, 3.8) is 0 Å². The minimum Gasteiger partial charge on any atom is -0.494 e. The van der Waals surface area contributed by atoms with Gasteiger partial charge in [0, 0.05) is 6.08 Å². The van der Waals surface area contributed by atoms with Gasteiger partial charge >= 0.3 is 0 Å². The highest BCUT2D eigenvalue weighted by atomic mass is 19.1. The number of ether oxygens (including phenoxy) is 1. The highest BCUT2D eigenvalue weighted by Crippen LogP contribution is 2.24. The highest BCUT2D eigenvalue weighted by Gasteiger charge is 2.28. The first-order valence-corrected chi connectivity index (χ1v) is 4.00. The van der Waals surface area contributed by atoms with Gasteiger partial charge in [0.25, 0.3) is 5.91 Å². The van der Waals surface area contributed by atoms with Crippen LogP contribution in [0.3, 0.4) is 0 Å². The molecule has 14 heavy (non-hydrogen) atoms. The average Bonchev–Trinajstić information content (AvgIpc) is 2.17. The minimum atomic E-state index is -0.602. The molecule has 0 saturated carbocycles. The van der Waals surface area contributed by atoms with Crippen LogP contribution in [0.1, 0.15) is 0 Å². The van der Waals surface area contributed by atoms with Crippen LogP contribution < -0.4 is 0 Å². The molecule has 0 radical (unpaired) electrons. The van der Waals surface area contributed by atoms with Gasteiger partial charge in [-0.25, -0.2) is 14.4 Å². The van der Waals surface area contributed by atoms with Gasteiger partial charge in [-0.1, -0.05) is 0 Å². The monoisotopic (exact) mass is 194 g/mol. The molecule has 5 heteroatoms. The lowest BCUT2D eigenvalue weighted by atomic mass is 9.95. The standard InChI is InChI=1S/C9H7FN2O2/c1-14-8-2-5-7(3-6(8)10)11-4-12-9(5)13/h2-5H,1H3. The van der Waals surface area contributed by atoms with Crippen LogP contribution in [0.4, 0.5) is 4.39 Å². The van der Waals surface area contributed by atoms with Crippen molar-refractivity contribution >= 4 is 18.0 Å². The van der Waals surface area contributed by atoms with E-state index < -0.39 is 11.7 Å². The number of carbonyl (C=O) groups excluding carboxylic acids is 1. The summed E-state index contributed by atoms with van der Waals surface area (Å²) in [5.41, 5.74) is 0.364. The summed E-state index contributed by atoms with van der Waals surface area (Å²) < 4.78 is 17.9. The van der Waals surface area contributed by atoms with Crippen molar-refractivity contribution in [3.05, 3.63) is 23.7 Å². The van der Waals surface area contributed by atoms with Crippen molar-refractivity contribution in [2.24, 2.45) is 15.9 Å². The summed E-state index contributed by atoms with van der Waals surface area (Å²) in [7, 11) is 1.35. The number of nitrogens with zero attached hydrogens (tertiary/aromatic N) is 2. The number of hydrogen-bond donors (Lipinski definition) is 0. The van der Waals surface area contributed by atoms with Crippen molar-refractivity contribution in [3.8, 4) is 0 Å². The SMILES string of the molecule is COC1=CC2C(=O)N=CN=C2C=C1F. The Morgan fingerprint density at radius 2 is 2.36 bits per heavy atom. The van der Waals surface area contributed by atoms with Gasteiger partial charge in [-0.05, 0) is 6.08 Å². The van der Waals surface area contributed by atoms with Gasteiger partial charge < -0.3 is 4.74 Å². The van der Waals surface area contributed by atoms with E-state index in [1.807, 2.05) is 0 Å². The van der Waals surface area contributed by atoms with Crippen LogP contribution in [0.25, 0.3) is 0 Å². The number of rotatable bonds is 1. The molecule has 0 aromatic heterocycles. The molecular weight excluding hydrogens is 187 g/mol. The number of carbonyl (C=O) groups is 1. The lowest BCUT2D eigenvalue weighted by molar-refractivity contribution is -0.118. The van der Waals surface area contributed by atoms with Crippen LogP contribution in [-0.4, -0.2) is 25.1 Å². The maximum atomic E-state index is 13.2. The molecule has 0 N–H and O–H groups in total. The van der Waals surface area contributed by atoms with Crippen molar-refractivity contribution in [2.75, 3.05) is 7.11 Å². The number of hydrogen-bond acceptors (Lipinski definition) is 3. The molecular formula is C9H7FN2O2. The summed E-state index contributed by atoms with van der Waals surface area (Å²) in [6, 6.07) is 0. The van der Waals surface area contributed by atoms with Gasteiger partial charge in [0.05, 0.1) is 12.8 Å². The molecule has 0 aromatic rings. The molecule has 4 nitrogen and oxygen atoms in total. The van der Waals surface area contributed by atoms with E-state index in [1.54, 1.807) is 0 Å². The Bertz CT molecular complexity index is 407. The minimum absolute atomic E-state index is 0.0550. The van der Waals surface area contributed by atoms with Crippen molar-refractivity contribution in [1.82, 2.24) is 0 Å². The normalized spacial score (nSPS) is 24.9. The third-order valence-electron chi connectivity index (χ3n) is 2.02. The molecule has 1 aliphatic carbocycles. The molecule has 1 amide bonds. The Morgan fingerprint density at radius 3 is 3.07 bits per heavy atom. The lowest BCUT2D eigenvalue weighted by Gasteiger charge is -2.17. The fourth-order valence-electron chi connectivity index (χ4n) is 1.32. The molecule has 1 atom stereocenters. The Balaban J connectivity index is 2.43. The molecule has 72 valence electrons. The number of amides is 1. The maximum absolute atomic E-state index is 13.2. The fourth-order valence-corrected chi connectivity index (χ4v) is 1.32. The number of methoxy groups -OCH3 is 1. The van der Waals surface area contributed by atoms with Crippen LogP contribution >= 0.6 is 0 Å². The van der Waals surface area contributed by atoms with Crippen LogP contribution in [-0.2, 0) is 9.53 Å². The molecule has 0 saturated heterocycles. The molecule has 0 bridgehead atoms. The first kappa shape index (κ1) is 8.80. The average molecular weight is 194 g/mol. The first-order valence-electron chi connectivity index (χ1n) is 4.00. The van der Waals surface area contributed by atoms with Gasteiger partial charge in [-0.2, -0.15) is 0 Å². The molecule has 1 aliphatic heterocycles. The smallest absolute Gasteiger partial charge is 0.260 e. The number of fused-ring (bicyclic) bond motifs is 1. The molecule has 2 aliphatic rings. The summed E-state index contributed by atoms with van der Waals surface area (Å²) >= 11 is 0. The van der Waals surface area contributed by atoms with E-state index in [1.165, 1.54) is 19.3 Å². The summed E-state index contributed by atoms with van der Waals surface area (Å²) in [4.78, 5) is 18.6. The number of allylic oxidation sites excluding steroid dienone is 2. The van der Waals surface area contributed by atoms with E-state index in [-0.39, 0.29) is 11.7 Å². The van der Waals surface area contributed by atoms with Gasteiger partial charge in [0.1, 0.15) is 12.3 Å².